The van der Waals surface area contributed by atoms with Gasteiger partial charge in [-0.25, -0.2) is 9.59 Å². The maximum Gasteiger partial charge on any atom is 0.374 e. The van der Waals surface area contributed by atoms with E-state index in [-0.39, 0.29) is 13.2 Å². The number of hydroxylamine groups is 6. The van der Waals surface area contributed by atoms with Gasteiger partial charge in [0.1, 0.15) is 0 Å². The van der Waals surface area contributed by atoms with E-state index in [1.165, 1.54) is 14.2 Å². The van der Waals surface area contributed by atoms with Gasteiger partial charge in [-0.15, -0.1) is 10.1 Å². The highest BCUT2D eigenvalue weighted by Crippen LogP contribution is 2.40. The van der Waals surface area contributed by atoms with Crippen LogP contribution in [-0.4, -0.2) is 66.7 Å². The highest BCUT2D eigenvalue weighted by Gasteiger charge is 2.71. The Morgan fingerprint density at radius 2 is 1.85 bits per heavy atom. The van der Waals surface area contributed by atoms with E-state index in [4.69, 9.17) is 19.2 Å². The summed E-state index contributed by atoms with van der Waals surface area (Å²) in [6, 6.07) is -1.17. The lowest BCUT2D eigenvalue weighted by molar-refractivity contribution is -0.368. The molecule has 0 spiro atoms. The van der Waals surface area contributed by atoms with Crippen LogP contribution in [0.4, 0.5) is 9.59 Å². The van der Waals surface area contributed by atoms with Crippen molar-refractivity contribution in [1.82, 2.24) is 20.5 Å². The number of carbonyl (C=O) groups excluding carboxylic acids is 2. The van der Waals surface area contributed by atoms with E-state index in [1.807, 2.05) is 0 Å². The minimum Gasteiger partial charge on any atom is -0.332 e. The normalized spacial score (nSPS) is 29.2. The molecule has 0 aromatic rings. The van der Waals surface area contributed by atoms with Crippen LogP contribution in [0.15, 0.2) is 0 Å². The number of nitrogens with one attached hydrogen (secondary N) is 1. The zero-order valence-electron chi connectivity index (χ0n) is 11.8. The number of carbonyl (C=O) groups is 2. The SMILES string of the molecule is CCON1C(=O)NC2N(OC)C(=O)N(OC)C21OCC. The molecule has 0 bridgehead atoms. The third-order valence-electron chi connectivity index (χ3n) is 2.97. The number of urea groups is 2. The Bertz CT molecular complexity index is 403. The highest BCUT2D eigenvalue weighted by molar-refractivity contribution is 5.84. The summed E-state index contributed by atoms with van der Waals surface area (Å²) < 4.78 is 5.63. The Morgan fingerprint density at radius 1 is 1.15 bits per heavy atom. The lowest BCUT2D eigenvalue weighted by Crippen LogP contribution is -2.61. The molecule has 10 nitrogen and oxygen atoms in total. The highest BCUT2D eigenvalue weighted by atomic mass is 16.8. The first-order chi connectivity index (χ1) is 9.58. The summed E-state index contributed by atoms with van der Waals surface area (Å²) >= 11 is 0. The first-order valence-electron chi connectivity index (χ1n) is 6.17. The summed E-state index contributed by atoms with van der Waals surface area (Å²) in [5, 5.41) is 5.37. The van der Waals surface area contributed by atoms with Gasteiger partial charge in [-0.3, -0.25) is 14.5 Å². The van der Waals surface area contributed by atoms with Gasteiger partial charge in [0.05, 0.1) is 20.8 Å². The fourth-order valence-electron chi connectivity index (χ4n) is 2.35. The molecule has 10 heteroatoms. The van der Waals surface area contributed by atoms with Crippen LogP contribution in [0.5, 0.6) is 0 Å². The molecule has 2 rings (SSSR count). The van der Waals surface area contributed by atoms with E-state index in [0.717, 1.165) is 15.2 Å². The molecule has 2 fully saturated rings. The Kier molecular flexibility index (Phi) is 3.99. The average molecular weight is 290 g/mol. The molecule has 2 aliphatic rings. The molecule has 2 atom stereocenters. The Morgan fingerprint density at radius 3 is 2.35 bits per heavy atom. The maximum absolute atomic E-state index is 12.2. The van der Waals surface area contributed by atoms with Crippen LogP contribution in [0.1, 0.15) is 13.8 Å². The number of ether oxygens (including phenoxy) is 1. The van der Waals surface area contributed by atoms with Crippen LogP contribution in [0.3, 0.4) is 0 Å². The number of amides is 4. The average Bonchev–Trinajstić information content (AvgIpc) is 2.80. The summed E-state index contributed by atoms with van der Waals surface area (Å²) in [7, 11) is 2.60. The quantitative estimate of drug-likeness (QED) is 0.730. The molecule has 0 aromatic carbocycles. The summed E-state index contributed by atoms with van der Waals surface area (Å²) in [5.41, 5.74) is 0. The molecule has 2 aliphatic heterocycles. The van der Waals surface area contributed by atoms with Gasteiger partial charge in [0.2, 0.25) is 6.17 Å². The van der Waals surface area contributed by atoms with Crippen LogP contribution in [0.2, 0.25) is 0 Å². The Labute approximate surface area is 115 Å². The first-order valence-corrected chi connectivity index (χ1v) is 6.17. The second kappa shape index (κ2) is 5.40. The van der Waals surface area contributed by atoms with Crippen LogP contribution in [-0.2, 0) is 19.2 Å². The van der Waals surface area contributed by atoms with Crippen LogP contribution >= 0.6 is 0 Å². The van der Waals surface area contributed by atoms with Gasteiger partial charge in [-0.1, -0.05) is 0 Å². The largest absolute Gasteiger partial charge is 0.374 e. The van der Waals surface area contributed by atoms with Crippen LogP contribution in [0.25, 0.3) is 0 Å². The monoisotopic (exact) mass is 290 g/mol. The maximum atomic E-state index is 12.2. The third-order valence-corrected chi connectivity index (χ3v) is 2.97. The van der Waals surface area contributed by atoms with Crippen molar-refractivity contribution in [1.29, 1.82) is 0 Å². The number of hydrogen-bond acceptors (Lipinski definition) is 6. The van der Waals surface area contributed by atoms with Gasteiger partial charge in [0.25, 0.3) is 0 Å². The van der Waals surface area contributed by atoms with Crippen molar-refractivity contribution in [2.75, 3.05) is 27.4 Å². The van der Waals surface area contributed by atoms with E-state index < -0.39 is 24.1 Å². The molecule has 114 valence electrons. The minimum atomic E-state index is -1.58. The molecule has 2 unspecified atom stereocenters. The van der Waals surface area contributed by atoms with E-state index in [1.54, 1.807) is 13.8 Å². The van der Waals surface area contributed by atoms with Crippen molar-refractivity contribution in [3.8, 4) is 0 Å². The lowest BCUT2D eigenvalue weighted by atomic mass is 10.3. The molecule has 0 saturated carbocycles. The van der Waals surface area contributed by atoms with E-state index >= 15 is 0 Å². The van der Waals surface area contributed by atoms with Crippen molar-refractivity contribution in [2.24, 2.45) is 0 Å². The zero-order chi connectivity index (χ0) is 14.9. The molecule has 1 N–H and O–H groups in total. The van der Waals surface area contributed by atoms with Gasteiger partial charge in [-0.05, 0) is 13.8 Å². The van der Waals surface area contributed by atoms with Crippen LogP contribution in [0, 0.1) is 0 Å². The van der Waals surface area contributed by atoms with Crippen molar-refractivity contribution in [3.05, 3.63) is 0 Å². The second-order valence-electron chi connectivity index (χ2n) is 3.92. The Balaban J connectivity index is 2.49. The number of fused-ring (bicyclic) bond motifs is 1. The predicted octanol–water partition coefficient (Wildman–Crippen LogP) is -0.160. The molecular weight excluding hydrogens is 272 g/mol. The fraction of sp³-hybridized carbons (Fsp3) is 0.800. The lowest BCUT2D eigenvalue weighted by Gasteiger charge is -2.37. The van der Waals surface area contributed by atoms with Gasteiger partial charge in [0.15, 0.2) is 0 Å². The molecular formula is C10H18N4O6. The van der Waals surface area contributed by atoms with Gasteiger partial charge < -0.3 is 10.1 Å². The van der Waals surface area contributed by atoms with Crippen molar-refractivity contribution in [3.63, 3.8) is 0 Å². The summed E-state index contributed by atoms with van der Waals surface area (Å²) in [6.45, 7) is 3.88. The topological polar surface area (TPSA) is 92.8 Å². The molecule has 0 radical (unpaired) electrons. The van der Waals surface area contributed by atoms with Gasteiger partial charge in [-0.2, -0.15) is 5.06 Å². The number of hydrogen-bond donors (Lipinski definition) is 1. The van der Waals surface area contributed by atoms with Crippen molar-refractivity contribution >= 4 is 12.1 Å². The summed E-state index contributed by atoms with van der Waals surface area (Å²) in [5.74, 6) is -1.58. The van der Waals surface area contributed by atoms with Crippen LogP contribution < -0.4 is 5.32 Å². The minimum absolute atomic E-state index is 0.216. The fourth-order valence-corrected chi connectivity index (χ4v) is 2.35. The smallest absolute Gasteiger partial charge is 0.332 e. The molecule has 0 aliphatic carbocycles. The van der Waals surface area contributed by atoms with E-state index in [9.17, 15) is 9.59 Å². The van der Waals surface area contributed by atoms with Crippen molar-refractivity contribution in [2.45, 2.75) is 25.9 Å². The molecule has 2 heterocycles. The van der Waals surface area contributed by atoms with Gasteiger partial charge >= 0.3 is 17.9 Å². The van der Waals surface area contributed by atoms with Gasteiger partial charge in [0, 0.05) is 6.61 Å². The second-order valence-corrected chi connectivity index (χ2v) is 3.92. The van der Waals surface area contributed by atoms with E-state index in [0.29, 0.717) is 0 Å². The van der Waals surface area contributed by atoms with Crippen molar-refractivity contribution < 1.29 is 28.8 Å². The molecule has 2 saturated heterocycles. The standard InChI is InChI=1S/C10H18N4O6/c1-5-19-10-7(11-8(15)13(10)20-6-2)12(17-3)9(16)14(10)18-4/h7H,5-6H2,1-4H3,(H,11,15). The third kappa shape index (κ3) is 1.73. The molecule has 4 amide bonds. The first kappa shape index (κ1) is 14.8. The molecule has 20 heavy (non-hydrogen) atoms. The summed E-state index contributed by atoms with van der Waals surface area (Å²) in [6.07, 6.45) is -0.918. The predicted molar refractivity (Wildman–Crippen MR) is 63.2 cm³/mol. The number of nitrogens with zero attached hydrogens (tertiary/aromatic N) is 3. The summed E-state index contributed by atoms with van der Waals surface area (Å²) in [4.78, 5) is 39.6. The molecule has 0 aromatic heterocycles. The Hall–Kier alpha value is -1.62. The number of rotatable bonds is 6. The van der Waals surface area contributed by atoms with E-state index in [2.05, 4.69) is 5.32 Å². The zero-order valence-corrected chi connectivity index (χ0v) is 11.8.